The molecule has 2 amide bonds. The molecule has 2 heterocycles. The summed E-state index contributed by atoms with van der Waals surface area (Å²) >= 11 is 0. The minimum Gasteiger partial charge on any atom is -0.340 e. The van der Waals surface area contributed by atoms with E-state index in [1.807, 2.05) is 44.0 Å². The first-order chi connectivity index (χ1) is 12.3. The zero-order valence-electron chi connectivity index (χ0n) is 16.0. The molecule has 0 saturated carbocycles. The molecule has 1 aliphatic heterocycles. The van der Waals surface area contributed by atoms with Crippen LogP contribution >= 0.6 is 0 Å². The van der Waals surface area contributed by atoms with Crippen molar-refractivity contribution in [2.75, 3.05) is 31.5 Å². The molecule has 1 N–H and O–H groups in total. The van der Waals surface area contributed by atoms with Crippen molar-refractivity contribution in [1.82, 2.24) is 19.4 Å². The van der Waals surface area contributed by atoms with Crippen LogP contribution in [0.15, 0.2) is 18.2 Å². The minimum absolute atomic E-state index is 0.0548. The van der Waals surface area contributed by atoms with Crippen molar-refractivity contribution in [1.29, 1.82) is 0 Å². The van der Waals surface area contributed by atoms with Gasteiger partial charge in [-0.15, -0.1) is 0 Å². The fraction of sp³-hybridized carbons (Fsp3) is 0.526. The average molecular weight is 357 g/mol. The molecule has 1 aliphatic rings. The molecule has 3 rings (SSSR count). The fourth-order valence-electron chi connectivity index (χ4n) is 3.36. The smallest absolute Gasteiger partial charge is 0.225 e. The van der Waals surface area contributed by atoms with Crippen LogP contribution in [0.1, 0.15) is 26.6 Å². The fourth-order valence-corrected chi connectivity index (χ4v) is 3.36. The summed E-state index contributed by atoms with van der Waals surface area (Å²) in [6.45, 7) is 9.41. The van der Waals surface area contributed by atoms with Gasteiger partial charge >= 0.3 is 0 Å². The first-order valence-electron chi connectivity index (χ1n) is 9.09. The maximum absolute atomic E-state index is 12.1. The largest absolute Gasteiger partial charge is 0.340 e. The van der Waals surface area contributed by atoms with Crippen LogP contribution < -0.4 is 5.32 Å². The van der Waals surface area contributed by atoms with Crippen LogP contribution in [0.4, 0.5) is 5.69 Å². The van der Waals surface area contributed by atoms with Gasteiger partial charge in [0.25, 0.3) is 0 Å². The van der Waals surface area contributed by atoms with Crippen molar-refractivity contribution in [3.05, 3.63) is 24.0 Å². The lowest BCUT2D eigenvalue weighted by Gasteiger charge is -2.35. The molecule has 1 fully saturated rings. The molecule has 2 aromatic rings. The molecule has 0 spiro atoms. The normalized spacial score (nSPS) is 15.7. The van der Waals surface area contributed by atoms with Gasteiger partial charge in [-0.05, 0) is 18.2 Å². The van der Waals surface area contributed by atoms with Crippen molar-refractivity contribution in [2.45, 2.75) is 27.3 Å². The molecular weight excluding hydrogens is 330 g/mol. The first-order valence-corrected chi connectivity index (χ1v) is 9.09. The Morgan fingerprint density at radius 3 is 2.50 bits per heavy atom. The van der Waals surface area contributed by atoms with E-state index in [1.54, 1.807) is 0 Å². The van der Waals surface area contributed by atoms with Crippen LogP contribution in [-0.4, -0.2) is 57.3 Å². The van der Waals surface area contributed by atoms with E-state index in [0.717, 1.165) is 55.3 Å². The van der Waals surface area contributed by atoms with E-state index in [2.05, 4.69) is 14.8 Å². The molecule has 0 radical (unpaired) electrons. The highest BCUT2D eigenvalue weighted by Gasteiger charge is 2.23. The van der Waals surface area contributed by atoms with Gasteiger partial charge in [-0.1, -0.05) is 13.8 Å². The number of imidazole rings is 1. The molecule has 7 heteroatoms. The molecule has 1 aromatic heterocycles. The summed E-state index contributed by atoms with van der Waals surface area (Å²) in [4.78, 5) is 32.4. The number of nitrogens with one attached hydrogen (secondary N) is 1. The lowest BCUT2D eigenvalue weighted by Crippen LogP contribution is -2.49. The highest BCUT2D eigenvalue weighted by atomic mass is 16.2. The molecule has 140 valence electrons. The summed E-state index contributed by atoms with van der Waals surface area (Å²) in [7, 11) is 2.02. The van der Waals surface area contributed by atoms with E-state index in [1.165, 1.54) is 6.92 Å². The van der Waals surface area contributed by atoms with Gasteiger partial charge in [0.1, 0.15) is 5.82 Å². The molecule has 1 aromatic carbocycles. The van der Waals surface area contributed by atoms with Crippen molar-refractivity contribution in [2.24, 2.45) is 13.0 Å². The standard InChI is InChI=1S/C19H27N5O2/c1-13(2)19(26)24-9-7-23(8-10-24)12-18-21-16-11-15(20-14(3)25)5-6-17(16)22(18)4/h5-6,11,13H,7-10,12H2,1-4H3,(H,20,25). The second kappa shape index (κ2) is 7.45. The number of piperazine rings is 1. The van der Waals surface area contributed by atoms with Crippen LogP contribution in [0, 0.1) is 5.92 Å². The van der Waals surface area contributed by atoms with Gasteiger partial charge < -0.3 is 14.8 Å². The number of carbonyl (C=O) groups excluding carboxylic acids is 2. The summed E-state index contributed by atoms with van der Waals surface area (Å²) in [6.07, 6.45) is 0. The number of benzene rings is 1. The Kier molecular flexibility index (Phi) is 5.27. The highest BCUT2D eigenvalue weighted by Crippen LogP contribution is 2.21. The summed E-state index contributed by atoms with van der Waals surface area (Å²) in [5, 5.41) is 2.80. The van der Waals surface area contributed by atoms with Crippen molar-refractivity contribution in [3.8, 4) is 0 Å². The van der Waals surface area contributed by atoms with Gasteiger partial charge in [0.05, 0.1) is 17.6 Å². The zero-order chi connectivity index (χ0) is 18.8. The Labute approximate surface area is 154 Å². The average Bonchev–Trinajstić information content (AvgIpc) is 2.89. The maximum atomic E-state index is 12.1. The number of aryl methyl sites for hydroxylation is 1. The van der Waals surface area contributed by atoms with Crippen LogP contribution in [0.3, 0.4) is 0 Å². The van der Waals surface area contributed by atoms with Crippen LogP contribution in [-0.2, 0) is 23.2 Å². The van der Waals surface area contributed by atoms with Crippen molar-refractivity contribution >= 4 is 28.5 Å². The molecule has 0 bridgehead atoms. The minimum atomic E-state index is -0.0886. The molecule has 0 aliphatic carbocycles. The number of hydrogen-bond donors (Lipinski definition) is 1. The van der Waals surface area contributed by atoms with Gasteiger partial charge in [0.2, 0.25) is 11.8 Å². The molecule has 7 nitrogen and oxygen atoms in total. The quantitative estimate of drug-likeness (QED) is 0.906. The van der Waals surface area contributed by atoms with Gasteiger partial charge in [-0.2, -0.15) is 0 Å². The van der Waals surface area contributed by atoms with E-state index in [0.29, 0.717) is 0 Å². The van der Waals surface area contributed by atoms with E-state index in [-0.39, 0.29) is 17.7 Å². The number of nitrogens with zero attached hydrogens (tertiary/aromatic N) is 4. The van der Waals surface area contributed by atoms with E-state index >= 15 is 0 Å². The number of fused-ring (bicyclic) bond motifs is 1. The Hall–Kier alpha value is -2.41. The predicted molar refractivity (Wildman–Crippen MR) is 102 cm³/mol. The van der Waals surface area contributed by atoms with E-state index in [4.69, 9.17) is 4.98 Å². The lowest BCUT2D eigenvalue weighted by molar-refractivity contribution is -0.136. The third-order valence-electron chi connectivity index (χ3n) is 4.84. The monoisotopic (exact) mass is 357 g/mol. The second-order valence-electron chi connectivity index (χ2n) is 7.23. The summed E-state index contributed by atoms with van der Waals surface area (Å²) < 4.78 is 2.10. The summed E-state index contributed by atoms with van der Waals surface area (Å²) in [5.74, 6) is 1.19. The number of anilines is 1. The topological polar surface area (TPSA) is 70.5 Å². The van der Waals surface area contributed by atoms with Crippen LogP contribution in [0.2, 0.25) is 0 Å². The van der Waals surface area contributed by atoms with E-state index in [9.17, 15) is 9.59 Å². The number of carbonyl (C=O) groups is 2. The predicted octanol–water partition coefficient (Wildman–Crippen LogP) is 1.83. The van der Waals surface area contributed by atoms with Gasteiger partial charge in [-0.25, -0.2) is 4.98 Å². The molecule has 0 unspecified atom stereocenters. The second-order valence-corrected chi connectivity index (χ2v) is 7.23. The Balaban J connectivity index is 1.69. The number of rotatable bonds is 4. The lowest BCUT2D eigenvalue weighted by atomic mass is 10.1. The third-order valence-corrected chi connectivity index (χ3v) is 4.84. The highest BCUT2D eigenvalue weighted by molar-refractivity contribution is 5.91. The molecule has 1 saturated heterocycles. The van der Waals surface area contributed by atoms with Gasteiger partial charge in [-0.3, -0.25) is 14.5 Å². The summed E-state index contributed by atoms with van der Waals surface area (Å²) in [5.41, 5.74) is 2.68. The number of hydrogen-bond acceptors (Lipinski definition) is 4. The van der Waals surface area contributed by atoms with Crippen LogP contribution in [0.25, 0.3) is 11.0 Å². The van der Waals surface area contributed by atoms with Gasteiger partial charge in [0.15, 0.2) is 0 Å². The third kappa shape index (κ3) is 3.88. The molecule has 0 atom stereocenters. The van der Waals surface area contributed by atoms with Gasteiger partial charge in [0, 0.05) is 51.8 Å². The summed E-state index contributed by atoms with van der Waals surface area (Å²) in [6, 6.07) is 5.78. The zero-order valence-corrected chi connectivity index (χ0v) is 16.0. The first kappa shape index (κ1) is 18.4. The Morgan fingerprint density at radius 2 is 1.88 bits per heavy atom. The number of amides is 2. The maximum Gasteiger partial charge on any atom is 0.225 e. The van der Waals surface area contributed by atoms with Crippen LogP contribution in [0.5, 0.6) is 0 Å². The van der Waals surface area contributed by atoms with Crippen molar-refractivity contribution < 1.29 is 9.59 Å². The molecule has 26 heavy (non-hydrogen) atoms. The van der Waals surface area contributed by atoms with E-state index < -0.39 is 0 Å². The number of aromatic nitrogens is 2. The molecular formula is C19H27N5O2. The van der Waals surface area contributed by atoms with Crippen molar-refractivity contribution in [3.63, 3.8) is 0 Å². The Morgan fingerprint density at radius 1 is 1.19 bits per heavy atom. The SMILES string of the molecule is CC(=O)Nc1ccc2c(c1)nc(CN1CCN(C(=O)C(C)C)CC1)n2C. The Bertz CT molecular complexity index is 819.